The number of hydrogen-bond acceptors (Lipinski definition) is 1. The molecule has 0 amide bonds. The van der Waals surface area contributed by atoms with Crippen LogP contribution in [0.15, 0.2) is 0 Å². The van der Waals surface area contributed by atoms with E-state index < -0.39 is 0 Å². The van der Waals surface area contributed by atoms with Gasteiger partial charge in [-0.3, -0.25) is 0 Å². The minimum atomic E-state index is -0.179. The third-order valence-corrected chi connectivity index (χ3v) is 1.94. The maximum Gasteiger partial charge on any atom is 0.0673 e. The highest BCUT2D eigenvalue weighted by Crippen LogP contribution is 2.09. The Balaban J connectivity index is 0. The van der Waals surface area contributed by atoms with Gasteiger partial charge in [0, 0.05) is 0 Å². The van der Waals surface area contributed by atoms with Crippen LogP contribution in [0.5, 0.6) is 0 Å². The second kappa shape index (κ2) is 10.7. The first-order chi connectivity index (χ1) is 4.77. The maximum absolute atomic E-state index is 8.87. The van der Waals surface area contributed by atoms with E-state index in [0.29, 0.717) is 0 Å². The third-order valence-electron chi connectivity index (χ3n) is 1.60. The molecule has 0 fully saturated rings. The summed E-state index contributed by atoms with van der Waals surface area (Å²) in [5.41, 5.74) is 0. The van der Waals surface area contributed by atoms with E-state index in [1.54, 1.807) is 0 Å². The molecule has 0 aliphatic rings. The van der Waals surface area contributed by atoms with Crippen molar-refractivity contribution in [1.82, 2.24) is 0 Å². The van der Waals surface area contributed by atoms with Gasteiger partial charge in [-0.05, 0) is 6.42 Å². The number of unbranched alkanes of at least 4 members (excludes halogenated alkanes) is 4. The fourth-order valence-electron chi connectivity index (χ4n) is 0.957. The molecule has 1 N–H and O–H groups in total. The van der Waals surface area contributed by atoms with Gasteiger partial charge < -0.3 is 5.11 Å². The van der Waals surface area contributed by atoms with Gasteiger partial charge in [-0.15, -0.1) is 21.6 Å². The van der Waals surface area contributed by atoms with Gasteiger partial charge in [-0.1, -0.05) is 39.0 Å². The molecule has 2 atom stereocenters. The monoisotopic (exact) mass is 198 g/mol. The lowest BCUT2D eigenvalue weighted by Crippen LogP contribution is -1.93. The largest absolute Gasteiger partial charge is 0.389 e. The van der Waals surface area contributed by atoms with Crippen LogP contribution in [0.4, 0.5) is 0 Å². The molecule has 0 bridgehead atoms. The average Bonchev–Trinajstić information content (AvgIpc) is 1.87. The highest BCUT2D eigenvalue weighted by Gasteiger charge is 1.94. The highest BCUT2D eigenvalue weighted by molar-refractivity contribution is 7.17. The van der Waals surface area contributed by atoms with E-state index in [9.17, 15) is 0 Å². The Hall–Kier alpha value is 0.680. The zero-order chi connectivity index (χ0) is 7.82. The Bertz CT molecular complexity index is 69.1. The second-order valence-corrected chi connectivity index (χ2v) is 3.54. The molecule has 0 rings (SSSR count). The Labute approximate surface area is 78.6 Å². The zero-order valence-electron chi connectivity index (χ0n) is 7.25. The van der Waals surface area contributed by atoms with E-state index in [-0.39, 0.29) is 18.3 Å². The first kappa shape index (κ1) is 14.2. The van der Waals surface area contributed by atoms with Crippen LogP contribution in [-0.2, 0) is 0 Å². The van der Waals surface area contributed by atoms with Crippen LogP contribution in [0, 0.1) is 0 Å². The Morgan fingerprint density at radius 2 is 1.73 bits per heavy atom. The summed E-state index contributed by atoms with van der Waals surface area (Å²) >= 11 is 0. The minimum Gasteiger partial charge on any atom is -0.389 e. The standard InChI is InChI=1S/C8H19OP.ClH/c1-2-3-4-5-6-7-8(9)10;/h8-9H,2-7,10H2,1H3;1H. The number of aliphatic hydroxyl groups is 1. The smallest absolute Gasteiger partial charge is 0.0673 e. The molecule has 0 saturated heterocycles. The Morgan fingerprint density at radius 1 is 1.18 bits per heavy atom. The molecule has 3 heteroatoms. The van der Waals surface area contributed by atoms with E-state index in [0.717, 1.165) is 6.42 Å². The van der Waals surface area contributed by atoms with Gasteiger partial charge in [0.15, 0.2) is 0 Å². The first-order valence-electron chi connectivity index (χ1n) is 4.21. The summed E-state index contributed by atoms with van der Waals surface area (Å²) in [5, 5.41) is 8.87. The van der Waals surface area contributed by atoms with Gasteiger partial charge in [0.25, 0.3) is 0 Å². The van der Waals surface area contributed by atoms with Crippen molar-refractivity contribution < 1.29 is 5.11 Å². The summed E-state index contributed by atoms with van der Waals surface area (Å²) in [5.74, 6) is -0.179. The summed E-state index contributed by atoms with van der Waals surface area (Å²) in [4.78, 5) is 0. The van der Waals surface area contributed by atoms with Crippen LogP contribution in [-0.4, -0.2) is 11.0 Å². The SMILES string of the molecule is CCCCCCCC(O)P.Cl. The molecule has 0 aliphatic heterocycles. The number of aliphatic hydroxyl groups excluding tert-OH is 1. The lowest BCUT2D eigenvalue weighted by atomic mass is 10.1. The average molecular weight is 199 g/mol. The van der Waals surface area contributed by atoms with Crippen molar-refractivity contribution in [2.75, 3.05) is 0 Å². The normalized spacial score (nSPS) is 12.3. The van der Waals surface area contributed by atoms with Gasteiger partial charge in [0.1, 0.15) is 0 Å². The van der Waals surface area contributed by atoms with Crippen LogP contribution in [0.3, 0.4) is 0 Å². The van der Waals surface area contributed by atoms with E-state index >= 15 is 0 Å². The van der Waals surface area contributed by atoms with Crippen LogP contribution in [0.2, 0.25) is 0 Å². The molecule has 0 saturated carbocycles. The molecule has 0 radical (unpaired) electrons. The second-order valence-electron chi connectivity index (χ2n) is 2.77. The predicted octanol–water partition coefficient (Wildman–Crippen LogP) is 2.96. The minimum absolute atomic E-state index is 0. The van der Waals surface area contributed by atoms with Crippen molar-refractivity contribution in [2.24, 2.45) is 0 Å². The molecule has 1 nitrogen and oxygen atoms in total. The van der Waals surface area contributed by atoms with Gasteiger partial charge >= 0.3 is 0 Å². The van der Waals surface area contributed by atoms with E-state index in [1.807, 2.05) is 0 Å². The first-order valence-corrected chi connectivity index (χ1v) is 4.87. The van der Waals surface area contributed by atoms with Crippen molar-refractivity contribution in [3.63, 3.8) is 0 Å². The Morgan fingerprint density at radius 3 is 2.18 bits per heavy atom. The van der Waals surface area contributed by atoms with Crippen molar-refractivity contribution in [2.45, 2.75) is 51.3 Å². The van der Waals surface area contributed by atoms with Gasteiger partial charge in [-0.2, -0.15) is 0 Å². The maximum atomic E-state index is 8.87. The fourth-order valence-corrected chi connectivity index (χ4v) is 1.19. The predicted molar refractivity (Wildman–Crippen MR) is 56.3 cm³/mol. The van der Waals surface area contributed by atoms with Crippen LogP contribution in [0.25, 0.3) is 0 Å². The van der Waals surface area contributed by atoms with Crippen LogP contribution < -0.4 is 0 Å². The van der Waals surface area contributed by atoms with Crippen LogP contribution >= 0.6 is 21.6 Å². The van der Waals surface area contributed by atoms with Crippen LogP contribution in [0.1, 0.15) is 45.4 Å². The molecule has 0 spiro atoms. The number of hydrogen-bond donors (Lipinski definition) is 1. The van der Waals surface area contributed by atoms with Crippen molar-refractivity contribution in [3.05, 3.63) is 0 Å². The highest BCUT2D eigenvalue weighted by atomic mass is 35.5. The van der Waals surface area contributed by atoms with E-state index in [1.165, 1.54) is 32.1 Å². The lowest BCUT2D eigenvalue weighted by molar-refractivity contribution is 0.246. The molecule has 0 aromatic heterocycles. The van der Waals surface area contributed by atoms with Gasteiger partial charge in [-0.25, -0.2) is 0 Å². The quantitative estimate of drug-likeness (QED) is 0.514. The zero-order valence-corrected chi connectivity index (χ0v) is 9.22. The molecule has 0 aliphatic carbocycles. The molecular weight excluding hydrogens is 179 g/mol. The molecule has 70 valence electrons. The molecule has 0 aromatic carbocycles. The van der Waals surface area contributed by atoms with Crippen molar-refractivity contribution >= 4 is 21.6 Å². The molecular formula is C8H20ClOP. The molecule has 2 unspecified atom stereocenters. The van der Waals surface area contributed by atoms with E-state index in [2.05, 4.69) is 16.2 Å². The van der Waals surface area contributed by atoms with Gasteiger partial charge in [0.2, 0.25) is 0 Å². The van der Waals surface area contributed by atoms with Gasteiger partial charge in [0.05, 0.1) is 5.85 Å². The summed E-state index contributed by atoms with van der Waals surface area (Å²) in [6.45, 7) is 2.21. The number of halogens is 1. The summed E-state index contributed by atoms with van der Waals surface area (Å²) in [6.07, 6.45) is 7.35. The number of rotatable bonds is 6. The van der Waals surface area contributed by atoms with Crippen molar-refractivity contribution in [1.29, 1.82) is 0 Å². The molecule has 0 aromatic rings. The van der Waals surface area contributed by atoms with E-state index in [4.69, 9.17) is 5.11 Å². The third kappa shape index (κ3) is 13.6. The Kier molecular flexibility index (Phi) is 13.8. The molecule has 11 heavy (non-hydrogen) atoms. The summed E-state index contributed by atoms with van der Waals surface area (Å²) < 4.78 is 0. The topological polar surface area (TPSA) is 20.2 Å². The lowest BCUT2D eigenvalue weighted by Gasteiger charge is -2.02. The summed E-state index contributed by atoms with van der Waals surface area (Å²) in [7, 11) is 2.41. The van der Waals surface area contributed by atoms with Crippen molar-refractivity contribution in [3.8, 4) is 0 Å². The fraction of sp³-hybridized carbons (Fsp3) is 1.00. The summed E-state index contributed by atoms with van der Waals surface area (Å²) in [6, 6.07) is 0. The molecule has 0 heterocycles.